The zero-order valence-corrected chi connectivity index (χ0v) is 14.4. The minimum Gasteiger partial charge on any atom is -0.342 e. The van der Waals surface area contributed by atoms with Crippen LogP contribution in [0.5, 0.6) is 0 Å². The predicted molar refractivity (Wildman–Crippen MR) is 89.8 cm³/mol. The van der Waals surface area contributed by atoms with Crippen LogP contribution >= 0.6 is 11.3 Å². The number of carbonyl (C=O) groups excluding carboxylic acids is 1. The van der Waals surface area contributed by atoms with Gasteiger partial charge in [-0.1, -0.05) is 20.8 Å². The lowest BCUT2D eigenvalue weighted by Crippen LogP contribution is -2.44. The van der Waals surface area contributed by atoms with Crippen LogP contribution in [0.15, 0.2) is 11.4 Å². The fourth-order valence-corrected chi connectivity index (χ4v) is 4.22. The Balaban J connectivity index is 2.03. The van der Waals surface area contributed by atoms with Gasteiger partial charge in [-0.3, -0.25) is 9.69 Å². The first kappa shape index (κ1) is 16.5. The number of thiophene rings is 1. The third kappa shape index (κ3) is 3.86. The molecule has 0 bridgehead atoms. The summed E-state index contributed by atoms with van der Waals surface area (Å²) in [5.74, 6) is 0.302. The van der Waals surface area contributed by atoms with Crippen LogP contribution in [0, 0.1) is 0 Å². The Morgan fingerprint density at radius 1 is 1.33 bits per heavy atom. The van der Waals surface area contributed by atoms with Gasteiger partial charge < -0.3 is 4.90 Å². The molecule has 3 nitrogen and oxygen atoms in total. The lowest BCUT2D eigenvalue weighted by atomic mass is 9.98. The molecular formula is C17H28N2OS. The highest BCUT2D eigenvalue weighted by Gasteiger charge is 2.29. The molecule has 0 fully saturated rings. The van der Waals surface area contributed by atoms with Crippen LogP contribution in [0.3, 0.4) is 0 Å². The third-order valence-corrected chi connectivity index (χ3v) is 5.27. The third-order valence-electron chi connectivity index (χ3n) is 4.27. The van der Waals surface area contributed by atoms with Gasteiger partial charge in [0.1, 0.15) is 0 Å². The van der Waals surface area contributed by atoms with Gasteiger partial charge in [0, 0.05) is 30.6 Å². The molecule has 2 rings (SSSR count). The molecule has 0 N–H and O–H groups in total. The Hall–Kier alpha value is -0.870. The molecule has 2 heterocycles. The van der Waals surface area contributed by atoms with Crippen LogP contribution < -0.4 is 0 Å². The van der Waals surface area contributed by atoms with Gasteiger partial charge in [-0.2, -0.15) is 0 Å². The number of hydrogen-bond donors (Lipinski definition) is 0. The summed E-state index contributed by atoms with van der Waals surface area (Å²) in [6.07, 6.45) is 4.26. The number of amides is 1. The molecule has 0 radical (unpaired) electrons. The first-order chi connectivity index (χ1) is 10.2. The highest BCUT2D eigenvalue weighted by atomic mass is 32.1. The van der Waals surface area contributed by atoms with Crippen molar-refractivity contribution in [3.63, 3.8) is 0 Å². The average Bonchev–Trinajstić information content (AvgIpc) is 2.95. The Labute approximate surface area is 132 Å². The van der Waals surface area contributed by atoms with Gasteiger partial charge in [-0.25, -0.2) is 0 Å². The van der Waals surface area contributed by atoms with E-state index in [1.54, 1.807) is 0 Å². The second kappa shape index (κ2) is 7.95. The van der Waals surface area contributed by atoms with Gasteiger partial charge >= 0.3 is 0 Å². The standard InChI is InChI=1S/C17H28N2OS/c1-4-9-18(10-5-2)17(20)13-19-11-7-16-14(8-12-21-16)15(19)6-3/h8,12,15H,4-7,9-11,13H2,1-3H3/t15-/m1/s1. The van der Waals surface area contributed by atoms with Crippen molar-refractivity contribution in [3.05, 3.63) is 21.9 Å². The van der Waals surface area contributed by atoms with Gasteiger partial charge in [0.2, 0.25) is 5.91 Å². The van der Waals surface area contributed by atoms with Crippen LogP contribution in [0.2, 0.25) is 0 Å². The molecule has 0 spiro atoms. The van der Waals surface area contributed by atoms with E-state index in [0.717, 1.165) is 45.3 Å². The van der Waals surface area contributed by atoms with E-state index >= 15 is 0 Å². The van der Waals surface area contributed by atoms with Gasteiger partial charge in [0.25, 0.3) is 0 Å². The van der Waals surface area contributed by atoms with E-state index in [2.05, 4.69) is 37.1 Å². The zero-order chi connectivity index (χ0) is 15.2. The van der Waals surface area contributed by atoms with Crippen LogP contribution in [-0.2, 0) is 11.2 Å². The van der Waals surface area contributed by atoms with Crippen LogP contribution in [0.25, 0.3) is 0 Å². The van der Waals surface area contributed by atoms with E-state index in [-0.39, 0.29) is 0 Å². The van der Waals surface area contributed by atoms with Crippen molar-refractivity contribution in [2.45, 2.75) is 52.5 Å². The van der Waals surface area contributed by atoms with Crippen LogP contribution in [-0.4, -0.2) is 41.9 Å². The van der Waals surface area contributed by atoms with Crippen molar-refractivity contribution in [1.29, 1.82) is 0 Å². The van der Waals surface area contributed by atoms with Crippen molar-refractivity contribution < 1.29 is 4.79 Å². The van der Waals surface area contributed by atoms with E-state index in [4.69, 9.17) is 0 Å². The van der Waals surface area contributed by atoms with E-state index in [9.17, 15) is 4.79 Å². The Kier molecular flexibility index (Phi) is 6.24. The Morgan fingerprint density at radius 3 is 2.67 bits per heavy atom. The maximum absolute atomic E-state index is 12.6. The second-order valence-corrected chi connectivity index (χ2v) is 6.83. The molecule has 1 aliphatic heterocycles. The summed E-state index contributed by atoms with van der Waals surface area (Å²) in [5, 5.41) is 2.19. The van der Waals surface area contributed by atoms with Crippen LogP contribution in [0.4, 0.5) is 0 Å². The second-order valence-electron chi connectivity index (χ2n) is 5.82. The molecule has 4 heteroatoms. The van der Waals surface area contributed by atoms with Crippen molar-refractivity contribution in [2.24, 2.45) is 0 Å². The molecule has 0 saturated heterocycles. The topological polar surface area (TPSA) is 23.6 Å². The molecule has 0 unspecified atom stereocenters. The molecule has 1 aromatic rings. The van der Waals surface area contributed by atoms with Crippen molar-refractivity contribution in [1.82, 2.24) is 9.80 Å². The smallest absolute Gasteiger partial charge is 0.236 e. The molecule has 1 atom stereocenters. The summed E-state index contributed by atoms with van der Waals surface area (Å²) in [7, 11) is 0. The molecule has 1 amide bonds. The maximum Gasteiger partial charge on any atom is 0.236 e. The van der Waals surface area contributed by atoms with Gasteiger partial charge in [0.05, 0.1) is 6.54 Å². The Bertz CT molecular complexity index is 451. The predicted octanol–water partition coefficient (Wildman–Crippen LogP) is 3.71. The largest absolute Gasteiger partial charge is 0.342 e. The molecule has 1 aliphatic rings. The average molecular weight is 308 g/mol. The van der Waals surface area contributed by atoms with Crippen molar-refractivity contribution in [2.75, 3.05) is 26.2 Å². The fraction of sp³-hybridized carbons (Fsp3) is 0.706. The van der Waals surface area contributed by atoms with Crippen molar-refractivity contribution in [3.8, 4) is 0 Å². The molecule has 0 saturated carbocycles. The summed E-state index contributed by atoms with van der Waals surface area (Å²) in [5.41, 5.74) is 1.46. The number of fused-ring (bicyclic) bond motifs is 1. The molecule has 0 aromatic carbocycles. The minimum atomic E-state index is 0.302. The molecule has 0 aliphatic carbocycles. The van der Waals surface area contributed by atoms with E-state index < -0.39 is 0 Å². The summed E-state index contributed by atoms with van der Waals surface area (Å²) in [6.45, 7) is 9.89. The van der Waals surface area contributed by atoms with E-state index in [1.165, 1.54) is 10.4 Å². The fourth-order valence-electron chi connectivity index (χ4n) is 3.29. The summed E-state index contributed by atoms with van der Waals surface area (Å²) in [6, 6.07) is 2.68. The number of rotatable bonds is 7. The van der Waals surface area contributed by atoms with Crippen LogP contribution in [0.1, 0.15) is 56.5 Å². The monoisotopic (exact) mass is 308 g/mol. The maximum atomic E-state index is 12.6. The lowest BCUT2D eigenvalue weighted by molar-refractivity contribution is -0.133. The summed E-state index contributed by atoms with van der Waals surface area (Å²) in [4.78, 5) is 18.5. The highest BCUT2D eigenvalue weighted by molar-refractivity contribution is 7.10. The zero-order valence-electron chi connectivity index (χ0n) is 13.6. The lowest BCUT2D eigenvalue weighted by Gasteiger charge is -2.36. The van der Waals surface area contributed by atoms with Gasteiger partial charge in [-0.15, -0.1) is 11.3 Å². The molecular weight excluding hydrogens is 280 g/mol. The van der Waals surface area contributed by atoms with Gasteiger partial charge in [-0.05, 0) is 42.7 Å². The number of hydrogen-bond acceptors (Lipinski definition) is 3. The normalized spacial score (nSPS) is 18.5. The molecule has 21 heavy (non-hydrogen) atoms. The SMILES string of the molecule is CCCN(CCC)C(=O)CN1CCc2sccc2[C@H]1CC. The molecule has 1 aromatic heterocycles. The Morgan fingerprint density at radius 2 is 2.05 bits per heavy atom. The number of nitrogens with zero attached hydrogens (tertiary/aromatic N) is 2. The summed E-state index contributed by atoms with van der Waals surface area (Å²) >= 11 is 1.87. The first-order valence-electron chi connectivity index (χ1n) is 8.29. The van der Waals surface area contributed by atoms with E-state index in [0.29, 0.717) is 18.5 Å². The highest BCUT2D eigenvalue weighted by Crippen LogP contribution is 2.34. The quantitative estimate of drug-likeness (QED) is 0.766. The summed E-state index contributed by atoms with van der Waals surface area (Å²) < 4.78 is 0. The minimum absolute atomic E-state index is 0.302. The van der Waals surface area contributed by atoms with Crippen molar-refractivity contribution >= 4 is 17.2 Å². The van der Waals surface area contributed by atoms with Gasteiger partial charge in [0.15, 0.2) is 0 Å². The number of carbonyl (C=O) groups is 1. The molecule has 118 valence electrons. The first-order valence-corrected chi connectivity index (χ1v) is 9.17. The van der Waals surface area contributed by atoms with E-state index in [1.807, 2.05) is 16.2 Å².